The van der Waals surface area contributed by atoms with Crippen LogP contribution < -0.4 is 4.74 Å². The van der Waals surface area contributed by atoms with E-state index in [2.05, 4.69) is 17.9 Å². The molecule has 2 rings (SSSR count). The van der Waals surface area contributed by atoms with E-state index in [1.807, 2.05) is 18.2 Å². The number of nitrogens with zero attached hydrogens (tertiary/aromatic N) is 1. The molecule has 0 radical (unpaired) electrons. The number of para-hydroxylation sites is 1. The second-order valence-electron chi connectivity index (χ2n) is 4.40. The van der Waals surface area contributed by atoms with Crippen LogP contribution in [0.15, 0.2) is 24.3 Å². The largest absolute Gasteiger partial charge is 0.496 e. The highest BCUT2D eigenvalue weighted by molar-refractivity contribution is 5.35. The summed E-state index contributed by atoms with van der Waals surface area (Å²) < 4.78 is 11.3. The first kappa shape index (κ1) is 12.4. The van der Waals surface area contributed by atoms with E-state index in [0.29, 0.717) is 0 Å². The van der Waals surface area contributed by atoms with Crippen LogP contribution in [0, 0.1) is 0 Å². The van der Waals surface area contributed by atoms with E-state index in [4.69, 9.17) is 9.47 Å². The highest BCUT2D eigenvalue weighted by atomic mass is 16.5. The zero-order chi connectivity index (χ0) is 12.1. The van der Waals surface area contributed by atoms with Crippen molar-refractivity contribution >= 4 is 0 Å². The molecule has 94 valence electrons. The monoisotopic (exact) mass is 235 g/mol. The van der Waals surface area contributed by atoms with Gasteiger partial charge in [-0.3, -0.25) is 4.90 Å². The number of hydrogen-bond donors (Lipinski definition) is 0. The smallest absolute Gasteiger partial charge is 0.124 e. The molecular formula is C14H21NO2. The summed E-state index contributed by atoms with van der Waals surface area (Å²) in [5.41, 5.74) is 1.16. The third kappa shape index (κ3) is 2.99. The topological polar surface area (TPSA) is 21.7 Å². The van der Waals surface area contributed by atoms with Crippen molar-refractivity contribution in [3.8, 4) is 5.75 Å². The van der Waals surface area contributed by atoms with Crippen LogP contribution in [0.1, 0.15) is 25.0 Å². The van der Waals surface area contributed by atoms with Gasteiger partial charge in [0.2, 0.25) is 0 Å². The molecule has 1 atom stereocenters. The minimum atomic E-state index is 0.145. The Morgan fingerprint density at radius 2 is 2.24 bits per heavy atom. The number of hydrogen-bond acceptors (Lipinski definition) is 3. The van der Waals surface area contributed by atoms with Gasteiger partial charge >= 0.3 is 0 Å². The maximum atomic E-state index is 5.86. The van der Waals surface area contributed by atoms with E-state index < -0.39 is 0 Å². The minimum Gasteiger partial charge on any atom is -0.496 e. The molecule has 3 heteroatoms. The summed E-state index contributed by atoms with van der Waals surface area (Å²) in [4.78, 5) is 2.46. The van der Waals surface area contributed by atoms with Crippen LogP contribution in [0.25, 0.3) is 0 Å². The molecular weight excluding hydrogens is 214 g/mol. The van der Waals surface area contributed by atoms with Crippen molar-refractivity contribution in [3.05, 3.63) is 29.8 Å². The van der Waals surface area contributed by atoms with Gasteiger partial charge in [0.05, 0.1) is 19.8 Å². The molecule has 1 aliphatic rings. The lowest BCUT2D eigenvalue weighted by Crippen LogP contribution is -2.38. The van der Waals surface area contributed by atoms with Crippen molar-refractivity contribution in [1.82, 2.24) is 4.90 Å². The van der Waals surface area contributed by atoms with Crippen molar-refractivity contribution < 1.29 is 9.47 Å². The molecule has 3 nitrogen and oxygen atoms in total. The van der Waals surface area contributed by atoms with Crippen LogP contribution in [0.2, 0.25) is 0 Å². The lowest BCUT2D eigenvalue weighted by atomic mass is 10.1. The first-order valence-electron chi connectivity index (χ1n) is 6.32. The van der Waals surface area contributed by atoms with Crippen LogP contribution >= 0.6 is 0 Å². The molecule has 1 aromatic rings. The lowest BCUT2D eigenvalue weighted by molar-refractivity contribution is -0.0307. The Morgan fingerprint density at radius 1 is 1.41 bits per heavy atom. The molecule has 1 aromatic carbocycles. The van der Waals surface area contributed by atoms with Gasteiger partial charge in [0.25, 0.3) is 0 Å². The Balaban J connectivity index is 2.10. The normalized spacial score (nSPS) is 21.4. The van der Waals surface area contributed by atoms with Crippen molar-refractivity contribution in [2.45, 2.75) is 19.4 Å². The summed E-state index contributed by atoms with van der Waals surface area (Å²) in [5.74, 6) is 0.927. The molecule has 0 unspecified atom stereocenters. The lowest BCUT2D eigenvalue weighted by Gasteiger charge is -2.33. The van der Waals surface area contributed by atoms with Gasteiger partial charge in [-0.15, -0.1) is 0 Å². The standard InChI is InChI=1S/C14H21NO2/c1-3-8-15-9-10-17-14(11-15)12-6-4-5-7-13(12)16-2/h4-7,14H,3,8-11H2,1-2H3/t14-/m1/s1. The number of benzene rings is 1. The second-order valence-corrected chi connectivity index (χ2v) is 4.40. The summed E-state index contributed by atoms with van der Waals surface area (Å²) in [6.45, 7) is 6.18. The van der Waals surface area contributed by atoms with Crippen molar-refractivity contribution in [3.63, 3.8) is 0 Å². The number of methoxy groups -OCH3 is 1. The molecule has 0 aromatic heterocycles. The van der Waals surface area contributed by atoms with Crippen LogP contribution in [0.5, 0.6) is 5.75 Å². The molecule has 0 aliphatic carbocycles. The maximum Gasteiger partial charge on any atom is 0.124 e. The van der Waals surface area contributed by atoms with Gasteiger partial charge in [0.15, 0.2) is 0 Å². The average Bonchev–Trinajstić information content (AvgIpc) is 2.39. The van der Waals surface area contributed by atoms with Gasteiger partial charge in [-0.2, -0.15) is 0 Å². The molecule has 1 aliphatic heterocycles. The third-order valence-electron chi connectivity index (χ3n) is 3.18. The molecule has 1 heterocycles. The van der Waals surface area contributed by atoms with E-state index >= 15 is 0 Å². The zero-order valence-electron chi connectivity index (χ0n) is 10.7. The van der Waals surface area contributed by atoms with E-state index in [0.717, 1.165) is 37.6 Å². The first-order valence-corrected chi connectivity index (χ1v) is 6.32. The summed E-state index contributed by atoms with van der Waals surface area (Å²) in [6.07, 6.45) is 1.34. The Kier molecular flexibility index (Phi) is 4.40. The van der Waals surface area contributed by atoms with E-state index in [1.54, 1.807) is 7.11 Å². The zero-order valence-corrected chi connectivity index (χ0v) is 10.7. The highest BCUT2D eigenvalue weighted by Gasteiger charge is 2.23. The Bertz CT molecular complexity index is 352. The first-order chi connectivity index (χ1) is 8.35. The van der Waals surface area contributed by atoms with Crippen LogP contribution in [-0.2, 0) is 4.74 Å². The minimum absolute atomic E-state index is 0.145. The van der Waals surface area contributed by atoms with Crippen LogP contribution in [0.3, 0.4) is 0 Å². The molecule has 0 N–H and O–H groups in total. The summed E-state index contributed by atoms with van der Waals surface area (Å²) in [5, 5.41) is 0. The molecule has 1 saturated heterocycles. The molecule has 0 bridgehead atoms. The fraction of sp³-hybridized carbons (Fsp3) is 0.571. The van der Waals surface area contributed by atoms with Gasteiger partial charge in [0, 0.05) is 18.7 Å². The van der Waals surface area contributed by atoms with Crippen LogP contribution in [0.4, 0.5) is 0 Å². The Hall–Kier alpha value is -1.06. The molecule has 17 heavy (non-hydrogen) atoms. The number of morpholine rings is 1. The Labute approximate surface area is 103 Å². The Morgan fingerprint density at radius 3 is 3.00 bits per heavy atom. The third-order valence-corrected chi connectivity index (χ3v) is 3.18. The average molecular weight is 235 g/mol. The highest BCUT2D eigenvalue weighted by Crippen LogP contribution is 2.29. The summed E-state index contributed by atoms with van der Waals surface area (Å²) >= 11 is 0. The molecule has 0 saturated carbocycles. The van der Waals surface area contributed by atoms with Gasteiger partial charge in [0.1, 0.15) is 5.75 Å². The van der Waals surface area contributed by atoms with Gasteiger partial charge in [-0.25, -0.2) is 0 Å². The van der Waals surface area contributed by atoms with Crippen molar-refractivity contribution in [2.75, 3.05) is 33.4 Å². The SMILES string of the molecule is CCCN1CCO[C@@H](c2ccccc2OC)C1. The van der Waals surface area contributed by atoms with E-state index in [1.165, 1.54) is 6.42 Å². The summed E-state index contributed by atoms with van der Waals surface area (Å²) in [6, 6.07) is 8.13. The van der Waals surface area contributed by atoms with E-state index in [-0.39, 0.29) is 6.10 Å². The van der Waals surface area contributed by atoms with Crippen molar-refractivity contribution in [1.29, 1.82) is 0 Å². The van der Waals surface area contributed by atoms with Gasteiger partial charge < -0.3 is 9.47 Å². The van der Waals surface area contributed by atoms with Crippen molar-refractivity contribution in [2.24, 2.45) is 0 Å². The molecule has 0 spiro atoms. The number of ether oxygens (including phenoxy) is 2. The predicted octanol–water partition coefficient (Wildman–Crippen LogP) is 2.48. The molecule has 1 fully saturated rings. The quantitative estimate of drug-likeness (QED) is 0.800. The second kappa shape index (κ2) is 6.03. The van der Waals surface area contributed by atoms with Crippen LogP contribution in [-0.4, -0.2) is 38.3 Å². The number of rotatable bonds is 4. The fourth-order valence-corrected chi connectivity index (χ4v) is 2.34. The predicted molar refractivity (Wildman–Crippen MR) is 68.4 cm³/mol. The van der Waals surface area contributed by atoms with Gasteiger partial charge in [-0.1, -0.05) is 25.1 Å². The molecule has 0 amide bonds. The maximum absolute atomic E-state index is 5.86. The van der Waals surface area contributed by atoms with E-state index in [9.17, 15) is 0 Å². The summed E-state index contributed by atoms with van der Waals surface area (Å²) in [7, 11) is 1.71. The van der Waals surface area contributed by atoms with Gasteiger partial charge in [-0.05, 0) is 19.0 Å². The fourth-order valence-electron chi connectivity index (χ4n) is 2.34.